The summed E-state index contributed by atoms with van der Waals surface area (Å²) in [5.74, 6) is 0. The van der Waals surface area contributed by atoms with Crippen molar-refractivity contribution in [2.45, 2.75) is 120 Å². The molecule has 218 valence electrons. The van der Waals surface area contributed by atoms with Crippen molar-refractivity contribution in [2.75, 3.05) is 12.7 Å². The zero-order chi connectivity index (χ0) is 29.2. The molecule has 2 saturated carbocycles. The van der Waals surface area contributed by atoms with Gasteiger partial charge in [0.2, 0.25) is 0 Å². The number of carbonyl (C=O) groups excluding carboxylic acids is 1. The van der Waals surface area contributed by atoms with Crippen LogP contribution in [0.25, 0.3) is 0 Å². The summed E-state index contributed by atoms with van der Waals surface area (Å²) in [4.78, 5) is 16.0. The van der Waals surface area contributed by atoms with Gasteiger partial charge >= 0.3 is 6.09 Å². The highest BCUT2D eigenvalue weighted by Gasteiger charge is 2.45. The third kappa shape index (κ3) is 9.10. The van der Waals surface area contributed by atoms with E-state index in [0.717, 1.165) is 30.4 Å². The summed E-state index contributed by atoms with van der Waals surface area (Å²) in [6, 6.07) is 22.3. The minimum absolute atomic E-state index is 0.0850. The van der Waals surface area contributed by atoms with Gasteiger partial charge in [0.25, 0.3) is 0 Å². The van der Waals surface area contributed by atoms with Crippen molar-refractivity contribution in [3.63, 3.8) is 0 Å². The molecule has 3 fully saturated rings. The normalized spacial score (nSPS) is 22.4. The Labute approximate surface area is 255 Å². The summed E-state index contributed by atoms with van der Waals surface area (Å²) in [6.07, 6.45) is 16.3. The van der Waals surface area contributed by atoms with Gasteiger partial charge in [0, 0.05) is 28.1 Å². The molecule has 1 heterocycles. The molecule has 0 spiro atoms. The Balaban J connectivity index is 0.00000189. The molecule has 5 rings (SSSR count). The molecule has 4 radical (unpaired) electrons. The smallest absolute Gasteiger partial charge is 0.410 e. The van der Waals surface area contributed by atoms with E-state index in [0.29, 0.717) is 5.66 Å². The molecule has 0 unspecified atom stereocenters. The molecule has 2 aromatic carbocycles. The van der Waals surface area contributed by atoms with Crippen LogP contribution in [0.15, 0.2) is 60.7 Å². The van der Waals surface area contributed by atoms with E-state index in [4.69, 9.17) is 4.74 Å². The summed E-state index contributed by atoms with van der Waals surface area (Å²) in [6.45, 7) is 6.92. The lowest BCUT2D eigenvalue weighted by Crippen LogP contribution is -2.42. The Kier molecular flexibility index (Phi) is 12.7. The molecule has 1 saturated heterocycles. The van der Waals surface area contributed by atoms with Crippen molar-refractivity contribution in [3.05, 3.63) is 60.7 Å². The van der Waals surface area contributed by atoms with Gasteiger partial charge in [-0.3, -0.25) is 0 Å². The van der Waals surface area contributed by atoms with Crippen LogP contribution in [-0.4, -0.2) is 67.8 Å². The van der Waals surface area contributed by atoms with Crippen molar-refractivity contribution in [1.82, 2.24) is 4.90 Å². The highest BCUT2D eigenvalue weighted by molar-refractivity contribution is 7.73. The van der Waals surface area contributed by atoms with E-state index in [1.54, 1.807) is 0 Å². The van der Waals surface area contributed by atoms with Crippen molar-refractivity contribution in [2.24, 2.45) is 0 Å². The second-order valence-electron chi connectivity index (χ2n) is 13.0. The van der Waals surface area contributed by atoms with E-state index in [9.17, 15) is 4.79 Å². The summed E-state index contributed by atoms with van der Waals surface area (Å²) >= 11 is 0. The summed E-state index contributed by atoms with van der Waals surface area (Å²) in [7, 11) is 7.36. The predicted octanol–water partition coefficient (Wildman–Crippen LogP) is 7.88. The lowest BCUT2D eigenvalue weighted by Gasteiger charge is -2.42. The Morgan fingerprint density at radius 3 is 1.68 bits per heavy atom. The van der Waals surface area contributed by atoms with Crippen molar-refractivity contribution in [3.8, 4) is 0 Å². The second kappa shape index (κ2) is 16.0. The number of hydrogen-bond acceptors (Lipinski definition) is 2. The minimum Gasteiger partial charge on any atom is -0.444 e. The van der Waals surface area contributed by atoms with Gasteiger partial charge in [0.1, 0.15) is 5.60 Å². The maximum atomic E-state index is 13.8. The third-order valence-corrected chi connectivity index (χ3v) is 15.5. The molecule has 41 heavy (non-hydrogen) atoms. The van der Waals surface area contributed by atoms with E-state index in [-0.39, 0.29) is 20.1 Å². The highest BCUT2D eigenvalue weighted by Crippen LogP contribution is 2.61. The zero-order valence-electron chi connectivity index (χ0n) is 25.6. The molecule has 7 heteroatoms. The van der Waals surface area contributed by atoms with Crippen LogP contribution >= 0.6 is 15.8 Å². The average molecular weight is 587 g/mol. The first-order valence-electron chi connectivity index (χ1n) is 15.9. The van der Waals surface area contributed by atoms with Crippen LogP contribution in [0.1, 0.15) is 91.4 Å². The Morgan fingerprint density at radius 2 is 1.24 bits per heavy atom. The fourth-order valence-electron chi connectivity index (χ4n) is 7.26. The van der Waals surface area contributed by atoms with Crippen LogP contribution in [0.5, 0.6) is 0 Å². The molecule has 3 nitrogen and oxygen atoms in total. The molecule has 0 aromatic heterocycles. The Hall–Kier alpha value is -1.30. The Bertz CT molecular complexity index is 982. The monoisotopic (exact) mass is 587 g/mol. The quantitative estimate of drug-likeness (QED) is 0.244. The topological polar surface area (TPSA) is 29.5 Å². The largest absolute Gasteiger partial charge is 0.444 e. The van der Waals surface area contributed by atoms with Gasteiger partial charge in [-0.05, 0) is 94.5 Å². The van der Waals surface area contributed by atoms with Crippen LogP contribution in [-0.2, 0) is 4.74 Å². The molecule has 2 atom stereocenters. The fraction of sp³-hybridized carbons (Fsp3) is 0.618. The standard InChI is InChI=1S/C34H49NO2P2.B2/c1-34(2,3)37-33(36)35-25-32(39(30-20-12-6-13-21-30)31-22-14-7-15-23-31)24-27(35)26-38(28-16-8-4-9-17-28)29-18-10-5-11-19-29;1-2/h4-5,8-11,16-19,27,30-32H,6-7,12-15,20-26H2,1-3H3;/t27-,32-;/m0./s1. The van der Waals surface area contributed by atoms with Gasteiger partial charge in [-0.15, -0.1) is 0 Å². The van der Waals surface area contributed by atoms with Crippen LogP contribution < -0.4 is 10.6 Å². The molecule has 2 aromatic rings. The molecule has 3 aliphatic rings. The molecule has 1 aliphatic heterocycles. The summed E-state index contributed by atoms with van der Waals surface area (Å²) < 4.78 is 6.07. The number of rotatable bonds is 7. The Morgan fingerprint density at radius 1 is 0.780 bits per heavy atom. The predicted molar refractivity (Wildman–Crippen MR) is 181 cm³/mol. The van der Waals surface area contributed by atoms with Crippen LogP contribution in [0.3, 0.4) is 0 Å². The van der Waals surface area contributed by atoms with E-state index in [1.165, 1.54) is 74.8 Å². The van der Waals surface area contributed by atoms with E-state index in [1.807, 2.05) is 20.8 Å². The lowest BCUT2D eigenvalue weighted by molar-refractivity contribution is 0.0242. The van der Waals surface area contributed by atoms with Gasteiger partial charge in [-0.25, -0.2) is 4.79 Å². The van der Waals surface area contributed by atoms with E-state index in [2.05, 4.69) is 81.0 Å². The van der Waals surface area contributed by atoms with Crippen molar-refractivity contribution >= 4 is 48.0 Å². The van der Waals surface area contributed by atoms with Gasteiger partial charge in [-0.2, -0.15) is 0 Å². The van der Waals surface area contributed by atoms with Gasteiger partial charge in [-0.1, -0.05) is 107 Å². The number of nitrogens with zero attached hydrogens (tertiary/aromatic N) is 1. The number of hydrogen-bond donors (Lipinski definition) is 0. The van der Waals surface area contributed by atoms with Crippen molar-refractivity contribution in [1.29, 1.82) is 0 Å². The van der Waals surface area contributed by atoms with E-state index < -0.39 is 13.5 Å². The van der Waals surface area contributed by atoms with Crippen LogP contribution in [0.2, 0.25) is 0 Å². The number of likely N-dealkylation sites (tertiary alicyclic amines) is 1. The first-order chi connectivity index (χ1) is 19.9. The van der Waals surface area contributed by atoms with Gasteiger partial charge < -0.3 is 9.64 Å². The first-order valence-corrected chi connectivity index (χ1v) is 18.9. The highest BCUT2D eigenvalue weighted by atomic mass is 31.1. The number of carbonyl (C=O) groups is 1. The molecule has 0 bridgehead atoms. The van der Waals surface area contributed by atoms with Gasteiger partial charge in [0.15, 0.2) is 0 Å². The third-order valence-electron chi connectivity index (χ3n) is 8.96. The summed E-state index contributed by atoms with van der Waals surface area (Å²) in [5, 5.41) is 2.82. The average Bonchev–Trinajstić information content (AvgIpc) is 3.42. The molecular weight excluding hydrogens is 538 g/mol. The molecular formula is C34H49B2NO2P2. The van der Waals surface area contributed by atoms with Crippen LogP contribution in [0, 0.1) is 0 Å². The lowest BCUT2D eigenvalue weighted by atomic mass is 9.81. The zero-order valence-corrected chi connectivity index (χ0v) is 27.4. The van der Waals surface area contributed by atoms with Crippen LogP contribution in [0.4, 0.5) is 4.79 Å². The number of ether oxygens (including phenoxy) is 1. The molecule has 1 amide bonds. The SMILES string of the molecule is CC(C)(C)OC(=O)N1C[C@@H](P(C2CCCCC2)C2CCCCC2)C[C@H]1CP(c1ccccc1)c1ccccc1.[B][B]. The van der Waals surface area contributed by atoms with Gasteiger partial charge in [0.05, 0.1) is 0 Å². The molecule has 0 N–H and O–H groups in total. The first kappa shape index (κ1) is 32.6. The summed E-state index contributed by atoms with van der Waals surface area (Å²) in [5.41, 5.74) is 2.00. The molecule has 2 aliphatic carbocycles. The van der Waals surface area contributed by atoms with E-state index >= 15 is 0 Å². The number of benzene rings is 2. The minimum atomic E-state index is -0.556. The fourth-order valence-corrected chi connectivity index (χ4v) is 14.4. The van der Waals surface area contributed by atoms with Crippen molar-refractivity contribution < 1.29 is 9.53 Å². The number of amides is 1. The second-order valence-corrected chi connectivity index (χ2v) is 18.3. The maximum absolute atomic E-state index is 13.8. The maximum Gasteiger partial charge on any atom is 0.410 e.